The molecule has 0 atom stereocenters. The van der Waals surface area contributed by atoms with E-state index in [9.17, 15) is 0 Å². The number of hydrogen-bond acceptors (Lipinski definition) is 4. The SMILES string of the molecule is c1ccc(CN2CCN(CCCON=C3CCCCCCCCCCC3)CC2)cc1. The highest BCUT2D eigenvalue weighted by Crippen LogP contribution is 2.16. The molecular formula is C26H43N3O. The van der Waals surface area contributed by atoms with Crippen molar-refractivity contribution in [1.29, 1.82) is 0 Å². The largest absolute Gasteiger partial charge is 0.396 e. The van der Waals surface area contributed by atoms with Crippen LogP contribution in [0.3, 0.4) is 0 Å². The zero-order valence-corrected chi connectivity index (χ0v) is 19.1. The number of benzene rings is 1. The van der Waals surface area contributed by atoms with E-state index < -0.39 is 0 Å². The van der Waals surface area contributed by atoms with E-state index in [-0.39, 0.29) is 0 Å². The molecule has 0 amide bonds. The summed E-state index contributed by atoms with van der Waals surface area (Å²) in [6.07, 6.45) is 15.7. The predicted octanol–water partition coefficient (Wildman–Crippen LogP) is 5.87. The third-order valence-electron chi connectivity index (χ3n) is 6.55. The van der Waals surface area contributed by atoms with E-state index >= 15 is 0 Å². The Morgan fingerprint density at radius 1 is 0.700 bits per heavy atom. The van der Waals surface area contributed by atoms with Crippen molar-refractivity contribution in [3.05, 3.63) is 35.9 Å². The fourth-order valence-electron chi connectivity index (χ4n) is 4.61. The highest BCUT2D eigenvalue weighted by Gasteiger charge is 2.16. The molecule has 0 N–H and O–H groups in total. The molecule has 1 aliphatic carbocycles. The molecule has 1 aliphatic heterocycles. The number of hydrogen-bond donors (Lipinski definition) is 0. The zero-order valence-electron chi connectivity index (χ0n) is 19.1. The molecule has 168 valence electrons. The second kappa shape index (κ2) is 14.6. The highest BCUT2D eigenvalue weighted by molar-refractivity contribution is 5.83. The summed E-state index contributed by atoms with van der Waals surface area (Å²) in [6, 6.07) is 10.8. The first kappa shape index (κ1) is 23.3. The summed E-state index contributed by atoms with van der Waals surface area (Å²) in [7, 11) is 0. The maximum atomic E-state index is 5.74. The minimum atomic E-state index is 0.758. The molecule has 2 aliphatic rings. The van der Waals surface area contributed by atoms with Crippen molar-refractivity contribution in [2.45, 2.75) is 83.6 Å². The molecule has 4 heteroatoms. The van der Waals surface area contributed by atoms with Crippen LogP contribution in [0.4, 0.5) is 0 Å². The van der Waals surface area contributed by atoms with E-state index in [0.29, 0.717) is 0 Å². The molecule has 1 aromatic carbocycles. The van der Waals surface area contributed by atoms with Crippen molar-refractivity contribution in [1.82, 2.24) is 9.80 Å². The molecule has 2 fully saturated rings. The van der Waals surface area contributed by atoms with Crippen LogP contribution >= 0.6 is 0 Å². The van der Waals surface area contributed by atoms with Gasteiger partial charge in [-0.25, -0.2) is 0 Å². The lowest BCUT2D eigenvalue weighted by Crippen LogP contribution is -2.46. The van der Waals surface area contributed by atoms with Gasteiger partial charge in [-0.15, -0.1) is 0 Å². The molecule has 4 nitrogen and oxygen atoms in total. The molecule has 0 bridgehead atoms. The standard InChI is InChI=1S/C26H43N3O/c1-2-4-6-11-16-26(17-12-7-5-3-1)27-30-23-13-18-28-19-21-29(22-20-28)24-25-14-9-8-10-15-25/h8-10,14-15H,1-7,11-13,16-24H2. The van der Waals surface area contributed by atoms with Gasteiger partial charge in [0.1, 0.15) is 6.61 Å². The van der Waals surface area contributed by atoms with Crippen molar-refractivity contribution in [3.63, 3.8) is 0 Å². The van der Waals surface area contributed by atoms with Crippen LogP contribution in [-0.4, -0.2) is 54.8 Å². The molecule has 3 rings (SSSR count). The Morgan fingerprint density at radius 3 is 1.90 bits per heavy atom. The molecule has 0 aromatic heterocycles. The topological polar surface area (TPSA) is 28.1 Å². The van der Waals surface area contributed by atoms with Crippen LogP contribution in [0.2, 0.25) is 0 Å². The Morgan fingerprint density at radius 2 is 1.27 bits per heavy atom. The Bertz CT molecular complexity index is 567. The maximum absolute atomic E-state index is 5.74. The first-order chi connectivity index (χ1) is 14.9. The van der Waals surface area contributed by atoms with Crippen LogP contribution in [0, 0.1) is 0 Å². The van der Waals surface area contributed by atoms with Crippen molar-refractivity contribution in [2.75, 3.05) is 39.3 Å². The van der Waals surface area contributed by atoms with Crippen molar-refractivity contribution < 1.29 is 4.84 Å². The highest BCUT2D eigenvalue weighted by atomic mass is 16.6. The fraction of sp³-hybridized carbons (Fsp3) is 0.731. The minimum Gasteiger partial charge on any atom is -0.396 e. The summed E-state index contributed by atoms with van der Waals surface area (Å²) >= 11 is 0. The van der Waals surface area contributed by atoms with E-state index in [4.69, 9.17) is 4.84 Å². The lowest BCUT2D eigenvalue weighted by molar-refractivity contribution is 0.0997. The first-order valence-electron chi connectivity index (χ1n) is 12.6. The lowest BCUT2D eigenvalue weighted by atomic mass is 10.00. The molecule has 1 heterocycles. The quantitative estimate of drug-likeness (QED) is 0.413. The summed E-state index contributed by atoms with van der Waals surface area (Å²) in [5, 5.41) is 4.54. The molecule has 0 radical (unpaired) electrons. The monoisotopic (exact) mass is 413 g/mol. The van der Waals surface area contributed by atoms with Crippen LogP contribution in [0.5, 0.6) is 0 Å². The van der Waals surface area contributed by atoms with Gasteiger partial charge in [-0.2, -0.15) is 0 Å². The van der Waals surface area contributed by atoms with Gasteiger partial charge in [-0.3, -0.25) is 4.90 Å². The molecule has 30 heavy (non-hydrogen) atoms. The minimum absolute atomic E-state index is 0.758. The number of piperazine rings is 1. The number of oxime groups is 1. The van der Waals surface area contributed by atoms with Crippen LogP contribution in [0.15, 0.2) is 35.5 Å². The van der Waals surface area contributed by atoms with Crippen LogP contribution in [-0.2, 0) is 11.4 Å². The van der Waals surface area contributed by atoms with Gasteiger partial charge in [0, 0.05) is 39.3 Å². The Balaban J connectivity index is 1.26. The van der Waals surface area contributed by atoms with Crippen LogP contribution < -0.4 is 0 Å². The van der Waals surface area contributed by atoms with E-state index in [1.54, 1.807) is 0 Å². The predicted molar refractivity (Wildman–Crippen MR) is 127 cm³/mol. The number of rotatable bonds is 7. The van der Waals surface area contributed by atoms with Gasteiger partial charge >= 0.3 is 0 Å². The first-order valence-corrected chi connectivity index (χ1v) is 12.6. The van der Waals surface area contributed by atoms with Gasteiger partial charge in [0.25, 0.3) is 0 Å². The summed E-state index contributed by atoms with van der Waals surface area (Å²) in [5.74, 6) is 0. The van der Waals surface area contributed by atoms with Gasteiger partial charge in [-0.05, 0) is 37.7 Å². The van der Waals surface area contributed by atoms with E-state index in [0.717, 1.165) is 52.0 Å². The third kappa shape index (κ3) is 9.61. The molecule has 1 saturated carbocycles. The van der Waals surface area contributed by atoms with Gasteiger partial charge in [0.2, 0.25) is 0 Å². The molecular weight excluding hydrogens is 370 g/mol. The van der Waals surface area contributed by atoms with Gasteiger partial charge < -0.3 is 9.74 Å². The smallest absolute Gasteiger partial charge is 0.118 e. The Hall–Kier alpha value is -1.39. The number of nitrogens with zero attached hydrogens (tertiary/aromatic N) is 3. The van der Waals surface area contributed by atoms with Crippen molar-refractivity contribution in [3.8, 4) is 0 Å². The Kier molecular flexibility index (Phi) is 11.3. The fourth-order valence-corrected chi connectivity index (χ4v) is 4.61. The molecule has 1 saturated heterocycles. The molecule has 0 spiro atoms. The van der Waals surface area contributed by atoms with Gasteiger partial charge in [-0.1, -0.05) is 80.4 Å². The zero-order chi connectivity index (χ0) is 20.7. The normalized spacial score (nSPS) is 20.9. The second-order valence-electron chi connectivity index (χ2n) is 9.13. The van der Waals surface area contributed by atoms with Crippen molar-refractivity contribution >= 4 is 5.71 Å². The molecule has 0 unspecified atom stereocenters. The van der Waals surface area contributed by atoms with E-state index in [1.807, 2.05) is 0 Å². The summed E-state index contributed by atoms with van der Waals surface area (Å²) in [6.45, 7) is 7.63. The van der Waals surface area contributed by atoms with Crippen molar-refractivity contribution in [2.24, 2.45) is 5.16 Å². The van der Waals surface area contributed by atoms with E-state index in [1.165, 1.54) is 82.2 Å². The summed E-state index contributed by atoms with van der Waals surface area (Å²) in [4.78, 5) is 10.9. The average Bonchev–Trinajstić information content (AvgIpc) is 2.77. The second-order valence-corrected chi connectivity index (χ2v) is 9.13. The van der Waals surface area contributed by atoms with Gasteiger partial charge in [0.15, 0.2) is 0 Å². The lowest BCUT2D eigenvalue weighted by Gasteiger charge is -2.34. The van der Waals surface area contributed by atoms with Gasteiger partial charge in [0.05, 0.1) is 5.71 Å². The van der Waals surface area contributed by atoms with Crippen LogP contribution in [0.25, 0.3) is 0 Å². The maximum Gasteiger partial charge on any atom is 0.118 e. The Labute approximate surface area is 184 Å². The third-order valence-corrected chi connectivity index (χ3v) is 6.55. The van der Waals surface area contributed by atoms with Crippen LogP contribution in [0.1, 0.15) is 82.6 Å². The average molecular weight is 414 g/mol. The summed E-state index contributed by atoms with van der Waals surface area (Å²) in [5.41, 5.74) is 2.73. The molecule has 1 aromatic rings. The van der Waals surface area contributed by atoms with E-state index in [2.05, 4.69) is 45.3 Å². The summed E-state index contributed by atoms with van der Waals surface area (Å²) < 4.78 is 0.